The molecule has 5 nitrogen and oxygen atoms in total. The zero-order valence-corrected chi connectivity index (χ0v) is 10.3. The van der Waals surface area contributed by atoms with Crippen molar-refractivity contribution < 1.29 is 14.3 Å². The predicted octanol–water partition coefficient (Wildman–Crippen LogP) is 0.383. The minimum Gasteiger partial charge on any atom is -0.484 e. The predicted molar refractivity (Wildman–Crippen MR) is 67.2 cm³/mol. The molecule has 1 amide bonds. The molecule has 1 heterocycles. The van der Waals surface area contributed by atoms with Crippen LogP contribution in [0, 0.1) is 0 Å². The van der Waals surface area contributed by atoms with Gasteiger partial charge >= 0.3 is 0 Å². The van der Waals surface area contributed by atoms with Crippen LogP contribution < -0.4 is 10.5 Å². The topological polar surface area (TPSA) is 64.8 Å². The summed E-state index contributed by atoms with van der Waals surface area (Å²) in [5.74, 6) is 0.690. The maximum atomic E-state index is 11.8. The van der Waals surface area contributed by atoms with Crippen LogP contribution in [-0.2, 0) is 16.1 Å². The van der Waals surface area contributed by atoms with Gasteiger partial charge in [0, 0.05) is 19.6 Å². The molecule has 0 aliphatic carbocycles. The molecule has 0 saturated carbocycles. The van der Waals surface area contributed by atoms with Crippen molar-refractivity contribution in [2.24, 2.45) is 5.73 Å². The van der Waals surface area contributed by atoms with E-state index >= 15 is 0 Å². The number of nitrogens with two attached hydrogens (primary N) is 1. The molecule has 5 heteroatoms. The summed E-state index contributed by atoms with van der Waals surface area (Å²) in [7, 11) is 0. The second kappa shape index (κ2) is 6.37. The number of benzene rings is 1. The van der Waals surface area contributed by atoms with Crippen LogP contribution in [0.2, 0.25) is 0 Å². The Kier molecular flexibility index (Phi) is 4.55. The Morgan fingerprint density at radius 1 is 1.28 bits per heavy atom. The molecule has 1 aliphatic rings. The molecule has 0 atom stereocenters. The van der Waals surface area contributed by atoms with Crippen LogP contribution in [0.3, 0.4) is 0 Å². The van der Waals surface area contributed by atoms with Gasteiger partial charge in [-0.2, -0.15) is 0 Å². The van der Waals surface area contributed by atoms with E-state index in [9.17, 15) is 4.79 Å². The second-order valence-electron chi connectivity index (χ2n) is 4.13. The third kappa shape index (κ3) is 3.45. The molecule has 1 aromatic rings. The van der Waals surface area contributed by atoms with Crippen LogP contribution in [0.15, 0.2) is 24.3 Å². The zero-order chi connectivity index (χ0) is 12.8. The van der Waals surface area contributed by atoms with Crippen molar-refractivity contribution in [3.8, 4) is 5.75 Å². The SMILES string of the molecule is NCc1ccc(OCC(=O)N2CCOCC2)cc1. The number of ether oxygens (including phenoxy) is 2. The highest BCUT2D eigenvalue weighted by Crippen LogP contribution is 2.12. The second-order valence-corrected chi connectivity index (χ2v) is 4.13. The lowest BCUT2D eigenvalue weighted by atomic mass is 10.2. The number of hydrogen-bond acceptors (Lipinski definition) is 4. The average Bonchev–Trinajstić information content (AvgIpc) is 2.46. The monoisotopic (exact) mass is 250 g/mol. The Morgan fingerprint density at radius 3 is 2.56 bits per heavy atom. The van der Waals surface area contributed by atoms with E-state index in [1.807, 2.05) is 24.3 Å². The van der Waals surface area contributed by atoms with Crippen LogP contribution in [0.1, 0.15) is 5.56 Å². The summed E-state index contributed by atoms with van der Waals surface area (Å²) in [5.41, 5.74) is 6.55. The molecule has 1 fully saturated rings. The zero-order valence-electron chi connectivity index (χ0n) is 10.3. The third-order valence-corrected chi connectivity index (χ3v) is 2.89. The number of amides is 1. The van der Waals surface area contributed by atoms with E-state index < -0.39 is 0 Å². The van der Waals surface area contributed by atoms with Gasteiger partial charge in [0.25, 0.3) is 5.91 Å². The molecular weight excluding hydrogens is 232 g/mol. The van der Waals surface area contributed by atoms with Crippen molar-refractivity contribution in [2.75, 3.05) is 32.9 Å². The van der Waals surface area contributed by atoms with Gasteiger partial charge in [-0.05, 0) is 17.7 Å². The maximum absolute atomic E-state index is 11.8. The first-order valence-electron chi connectivity index (χ1n) is 6.07. The van der Waals surface area contributed by atoms with Crippen molar-refractivity contribution in [3.63, 3.8) is 0 Å². The normalized spacial score (nSPS) is 15.5. The lowest BCUT2D eigenvalue weighted by molar-refractivity contribution is -0.137. The Hall–Kier alpha value is -1.59. The average molecular weight is 250 g/mol. The molecule has 1 saturated heterocycles. The highest BCUT2D eigenvalue weighted by molar-refractivity contribution is 5.77. The van der Waals surface area contributed by atoms with E-state index in [1.165, 1.54) is 0 Å². The first kappa shape index (κ1) is 12.9. The van der Waals surface area contributed by atoms with E-state index in [-0.39, 0.29) is 12.5 Å². The lowest BCUT2D eigenvalue weighted by Gasteiger charge is -2.26. The van der Waals surface area contributed by atoms with Crippen LogP contribution >= 0.6 is 0 Å². The molecular formula is C13H18N2O3. The number of rotatable bonds is 4. The maximum Gasteiger partial charge on any atom is 0.260 e. The van der Waals surface area contributed by atoms with Gasteiger partial charge in [0.1, 0.15) is 5.75 Å². The molecule has 0 bridgehead atoms. The van der Waals surface area contributed by atoms with E-state index in [0.717, 1.165) is 5.56 Å². The van der Waals surface area contributed by atoms with Crippen molar-refractivity contribution in [2.45, 2.75) is 6.54 Å². The highest BCUT2D eigenvalue weighted by Gasteiger charge is 2.16. The smallest absolute Gasteiger partial charge is 0.260 e. The summed E-state index contributed by atoms with van der Waals surface area (Å²) >= 11 is 0. The Morgan fingerprint density at radius 2 is 1.94 bits per heavy atom. The minimum atomic E-state index is 0.00111. The van der Waals surface area contributed by atoms with Crippen LogP contribution in [-0.4, -0.2) is 43.7 Å². The molecule has 0 spiro atoms. The van der Waals surface area contributed by atoms with Crippen molar-refractivity contribution in [1.29, 1.82) is 0 Å². The fourth-order valence-corrected chi connectivity index (χ4v) is 1.77. The minimum absolute atomic E-state index is 0.00111. The summed E-state index contributed by atoms with van der Waals surface area (Å²) in [6, 6.07) is 7.45. The number of nitrogens with zero attached hydrogens (tertiary/aromatic N) is 1. The van der Waals surface area contributed by atoms with Crippen molar-refractivity contribution >= 4 is 5.91 Å². The van der Waals surface area contributed by atoms with E-state index in [2.05, 4.69) is 0 Å². The first-order chi connectivity index (χ1) is 8.79. The molecule has 1 aromatic carbocycles. The lowest BCUT2D eigenvalue weighted by Crippen LogP contribution is -2.42. The molecule has 0 unspecified atom stereocenters. The van der Waals surface area contributed by atoms with Gasteiger partial charge in [0.05, 0.1) is 13.2 Å². The number of carbonyl (C=O) groups excluding carboxylic acids is 1. The molecule has 0 radical (unpaired) electrons. The van der Waals surface area contributed by atoms with E-state index in [0.29, 0.717) is 38.6 Å². The van der Waals surface area contributed by atoms with Crippen molar-refractivity contribution in [1.82, 2.24) is 4.90 Å². The summed E-state index contributed by atoms with van der Waals surface area (Å²) in [6.45, 7) is 3.09. The highest BCUT2D eigenvalue weighted by atomic mass is 16.5. The Labute approximate surface area is 106 Å². The van der Waals surface area contributed by atoms with Crippen LogP contribution in [0.25, 0.3) is 0 Å². The van der Waals surface area contributed by atoms with Gasteiger partial charge in [-0.1, -0.05) is 12.1 Å². The van der Waals surface area contributed by atoms with Gasteiger partial charge in [-0.15, -0.1) is 0 Å². The number of morpholine rings is 1. The van der Waals surface area contributed by atoms with E-state index in [1.54, 1.807) is 4.90 Å². The molecule has 2 N–H and O–H groups in total. The summed E-state index contributed by atoms with van der Waals surface area (Å²) in [5, 5.41) is 0. The van der Waals surface area contributed by atoms with Crippen LogP contribution in [0.5, 0.6) is 5.75 Å². The molecule has 0 aromatic heterocycles. The van der Waals surface area contributed by atoms with Gasteiger partial charge in [0.2, 0.25) is 0 Å². The van der Waals surface area contributed by atoms with Gasteiger partial charge in [0.15, 0.2) is 6.61 Å². The molecule has 1 aliphatic heterocycles. The van der Waals surface area contributed by atoms with Crippen LogP contribution in [0.4, 0.5) is 0 Å². The summed E-state index contributed by atoms with van der Waals surface area (Å²) in [4.78, 5) is 13.6. The molecule has 98 valence electrons. The van der Waals surface area contributed by atoms with Gasteiger partial charge in [-0.25, -0.2) is 0 Å². The van der Waals surface area contributed by atoms with Crippen molar-refractivity contribution in [3.05, 3.63) is 29.8 Å². The number of hydrogen-bond donors (Lipinski definition) is 1. The fraction of sp³-hybridized carbons (Fsp3) is 0.462. The third-order valence-electron chi connectivity index (χ3n) is 2.89. The van der Waals surface area contributed by atoms with E-state index in [4.69, 9.17) is 15.2 Å². The first-order valence-corrected chi connectivity index (χ1v) is 6.07. The standard InChI is InChI=1S/C13H18N2O3/c14-9-11-1-3-12(4-2-11)18-10-13(16)15-5-7-17-8-6-15/h1-4H,5-10,14H2. The fourth-order valence-electron chi connectivity index (χ4n) is 1.77. The quantitative estimate of drug-likeness (QED) is 0.839. The molecule has 18 heavy (non-hydrogen) atoms. The Balaban J connectivity index is 1.80. The molecule has 2 rings (SSSR count). The summed E-state index contributed by atoms with van der Waals surface area (Å²) in [6.07, 6.45) is 0. The summed E-state index contributed by atoms with van der Waals surface area (Å²) < 4.78 is 10.6. The Bertz CT molecular complexity index is 386. The van der Waals surface area contributed by atoms with Gasteiger partial charge < -0.3 is 20.1 Å². The van der Waals surface area contributed by atoms with Gasteiger partial charge in [-0.3, -0.25) is 4.79 Å². The number of carbonyl (C=O) groups is 1. The largest absolute Gasteiger partial charge is 0.484 e.